The summed E-state index contributed by atoms with van der Waals surface area (Å²) in [4.78, 5) is 47.3. The van der Waals surface area contributed by atoms with Gasteiger partial charge in [-0.05, 0) is 95.8 Å². The second-order valence-electron chi connectivity index (χ2n) is 18.5. The van der Waals surface area contributed by atoms with Crippen LogP contribution in [0.5, 0.6) is 34.5 Å². The van der Waals surface area contributed by atoms with Crippen LogP contribution in [0.4, 0.5) is 0 Å². The first kappa shape index (κ1) is 58.7. The van der Waals surface area contributed by atoms with Crippen LogP contribution in [0, 0.1) is 13.8 Å². The molecule has 16 nitrogen and oxygen atoms in total. The molecule has 0 saturated heterocycles. The van der Waals surface area contributed by atoms with Crippen LogP contribution in [0.1, 0.15) is 89.2 Å². The highest BCUT2D eigenvalue weighted by molar-refractivity contribution is 7.57. The minimum atomic E-state index is -3.89. The van der Waals surface area contributed by atoms with Crippen LogP contribution in [0.15, 0.2) is 84.0 Å². The summed E-state index contributed by atoms with van der Waals surface area (Å²) in [6.45, 7) is 18.3. The highest BCUT2D eigenvalue weighted by Crippen LogP contribution is 2.48. The largest absolute Gasteiger partial charge is 0.507 e. The van der Waals surface area contributed by atoms with E-state index in [-0.39, 0.29) is 57.3 Å². The first-order valence-electron chi connectivity index (χ1n) is 23.3. The van der Waals surface area contributed by atoms with Gasteiger partial charge >= 0.3 is 33.0 Å². The van der Waals surface area contributed by atoms with Crippen LogP contribution in [-0.2, 0) is 54.2 Å². The summed E-state index contributed by atoms with van der Waals surface area (Å²) >= 11 is 0. The summed E-state index contributed by atoms with van der Waals surface area (Å²) in [5, 5.41) is 13.7. The Hall–Kier alpha value is -5.83. The SMILES string of the molecule is C.CCOC(=O)[C@H](C)NP(=O)(C/C(C)=C/Cc1c(O)c2c(c(C)c1OC)COC2=O)Oc1ccccc1.COc1c(C)c2c(c(OCC[Si](C)(C)C)c1C/C=C(\C)CP(=O)(O)Oc1ccccc1)C(=O)OC2. The van der Waals surface area contributed by atoms with Crippen molar-refractivity contribution in [3.8, 4) is 34.5 Å². The van der Waals surface area contributed by atoms with Crippen molar-refractivity contribution in [2.75, 3.05) is 39.8 Å². The van der Waals surface area contributed by atoms with Gasteiger partial charge in [0.2, 0.25) is 0 Å². The molecule has 0 spiro atoms. The fourth-order valence-electron chi connectivity index (χ4n) is 8.03. The minimum Gasteiger partial charge on any atom is -0.507 e. The topological polar surface area (TPSA) is 212 Å². The van der Waals surface area contributed by atoms with Gasteiger partial charge in [0.25, 0.3) is 0 Å². The summed E-state index contributed by atoms with van der Waals surface area (Å²) in [5.74, 6) is 0.638. The highest BCUT2D eigenvalue weighted by atomic mass is 31.2. The van der Waals surface area contributed by atoms with Crippen LogP contribution >= 0.6 is 15.1 Å². The van der Waals surface area contributed by atoms with Crippen LogP contribution in [-0.4, -0.2) is 81.8 Å². The first-order chi connectivity index (χ1) is 33.5. The Balaban J connectivity index is 0.000000308. The Morgan fingerprint density at radius 1 is 0.778 bits per heavy atom. The van der Waals surface area contributed by atoms with Crippen molar-refractivity contribution in [3.05, 3.63) is 128 Å². The lowest BCUT2D eigenvalue weighted by atomic mass is 9.95. The Bertz CT molecular complexity index is 2740. The molecule has 0 radical (unpaired) electrons. The van der Waals surface area contributed by atoms with E-state index in [1.165, 1.54) is 7.11 Å². The monoisotopic (exact) mass is 1050 g/mol. The number of rotatable bonds is 22. The van der Waals surface area contributed by atoms with E-state index in [0.717, 1.165) is 28.3 Å². The van der Waals surface area contributed by atoms with Gasteiger partial charge in [0, 0.05) is 30.3 Å². The van der Waals surface area contributed by atoms with Crippen LogP contribution in [0.3, 0.4) is 0 Å². The molecule has 2 heterocycles. The van der Waals surface area contributed by atoms with Gasteiger partial charge in [-0.25, -0.2) is 19.2 Å². The van der Waals surface area contributed by atoms with Crippen LogP contribution in [0.2, 0.25) is 25.7 Å². The molecule has 0 aromatic heterocycles. The van der Waals surface area contributed by atoms with E-state index >= 15 is 0 Å². The predicted molar refractivity (Wildman–Crippen MR) is 281 cm³/mol. The number of hydrogen-bond acceptors (Lipinski definition) is 14. The lowest BCUT2D eigenvalue weighted by molar-refractivity contribution is -0.144. The number of aromatic hydroxyl groups is 1. The average Bonchev–Trinajstić information content (AvgIpc) is 3.89. The highest BCUT2D eigenvalue weighted by Gasteiger charge is 2.35. The molecule has 0 bridgehead atoms. The molecule has 2 unspecified atom stereocenters. The number of allylic oxidation sites excluding steroid dienone is 4. The van der Waals surface area contributed by atoms with Gasteiger partial charge in [0.1, 0.15) is 64.9 Å². The summed E-state index contributed by atoms with van der Waals surface area (Å²) in [6, 6.07) is 17.3. The molecular weight excluding hydrogens is 981 g/mol. The second kappa shape index (κ2) is 25.7. The zero-order valence-corrected chi connectivity index (χ0v) is 45.3. The number of benzene rings is 4. The maximum Gasteiger partial charge on any atom is 0.380 e. The number of hydrogen-bond donors (Lipinski definition) is 3. The van der Waals surface area contributed by atoms with Gasteiger partial charge in [-0.3, -0.25) is 9.36 Å². The Kier molecular flexibility index (Phi) is 21.0. The van der Waals surface area contributed by atoms with Gasteiger partial charge in [-0.15, -0.1) is 0 Å². The van der Waals surface area contributed by atoms with Gasteiger partial charge in [0.05, 0.1) is 39.8 Å². The molecule has 0 fully saturated rings. The molecular formula is C53H71NO15P2Si. The van der Waals surface area contributed by atoms with Crippen molar-refractivity contribution >= 4 is 41.1 Å². The molecule has 4 aromatic rings. The molecule has 2 aliphatic rings. The zero-order chi connectivity index (χ0) is 52.3. The summed E-state index contributed by atoms with van der Waals surface area (Å²) < 4.78 is 70.7. The lowest BCUT2D eigenvalue weighted by Crippen LogP contribution is -2.35. The quantitative estimate of drug-likeness (QED) is 0.0220. The summed E-state index contributed by atoms with van der Waals surface area (Å²) in [5.41, 5.74) is 6.09. The van der Waals surface area contributed by atoms with Gasteiger partial charge < -0.3 is 47.5 Å². The molecule has 4 aromatic carbocycles. The van der Waals surface area contributed by atoms with E-state index in [2.05, 4.69) is 24.7 Å². The van der Waals surface area contributed by atoms with Crippen molar-refractivity contribution in [2.45, 2.75) is 107 Å². The molecule has 0 saturated carbocycles. The molecule has 2 aliphatic heterocycles. The number of nitrogens with one attached hydrogen (secondary N) is 1. The molecule has 0 amide bonds. The summed E-state index contributed by atoms with van der Waals surface area (Å²) in [6.07, 6.45) is 4.07. The predicted octanol–water partition coefficient (Wildman–Crippen LogP) is 11.5. The normalized spacial score (nSPS) is 15.2. The zero-order valence-electron chi connectivity index (χ0n) is 42.5. The molecule has 0 aliphatic carbocycles. The standard InChI is InChI=1S/C26H32NO8P.C26H35O7PSi.CH4/c1-6-33-25(29)18(4)27-36(31,35-19-10-8-7-9-11-19)15-16(2)12-13-20-23(28)22-21(14-34-26(22)30)17(3)24(20)32-5;1-18(17-34(28,29)33-20-10-8-7-9-11-20)12-13-21-24(30-3)19(2)22-16-32-26(27)23(22)25(21)31-14-15-35(4,5)6;/h7-12,18,28H,6,13-15H2,1-5H3,(H,27,31);7-12H,13-17H2,1-6H3,(H,28,29);1H4/b16-12+;18-12+;/t18-,36?;;/m0../s1. The number of carbonyl (C=O) groups is 3. The number of methoxy groups -OCH3 is 2. The van der Waals surface area contributed by atoms with E-state index in [1.807, 2.05) is 32.1 Å². The maximum absolute atomic E-state index is 13.8. The smallest absolute Gasteiger partial charge is 0.380 e. The van der Waals surface area contributed by atoms with Crippen molar-refractivity contribution < 1.29 is 71.0 Å². The van der Waals surface area contributed by atoms with E-state index in [0.29, 0.717) is 69.6 Å². The van der Waals surface area contributed by atoms with Crippen molar-refractivity contribution in [1.82, 2.24) is 5.09 Å². The number of cyclic esters (lactones) is 2. The third-order valence-electron chi connectivity index (χ3n) is 11.6. The van der Waals surface area contributed by atoms with Crippen LogP contribution < -0.4 is 28.3 Å². The second-order valence-corrected chi connectivity index (χ2v) is 28.0. The van der Waals surface area contributed by atoms with Gasteiger partial charge in [-0.2, -0.15) is 0 Å². The van der Waals surface area contributed by atoms with Crippen LogP contribution in [0.25, 0.3) is 0 Å². The average molecular weight is 1050 g/mol. The van der Waals surface area contributed by atoms with E-state index in [9.17, 15) is 33.5 Å². The van der Waals surface area contributed by atoms with E-state index in [4.69, 9.17) is 37.5 Å². The third kappa shape index (κ3) is 15.3. The number of para-hydroxylation sites is 2. The molecule has 3 atom stereocenters. The Morgan fingerprint density at radius 2 is 1.26 bits per heavy atom. The fraction of sp³-hybridized carbons (Fsp3) is 0.415. The Labute approximate surface area is 425 Å². The fourth-order valence-corrected chi connectivity index (χ4v) is 12.2. The van der Waals surface area contributed by atoms with Gasteiger partial charge in [-0.1, -0.05) is 86.8 Å². The number of carbonyl (C=O) groups excluding carboxylic acids is 3. The van der Waals surface area contributed by atoms with E-state index in [1.54, 1.807) is 89.4 Å². The lowest BCUT2D eigenvalue weighted by Gasteiger charge is -2.24. The molecule has 392 valence electrons. The number of phenols is 1. The Morgan fingerprint density at radius 3 is 1.79 bits per heavy atom. The molecule has 3 N–H and O–H groups in total. The van der Waals surface area contributed by atoms with Crippen molar-refractivity contribution in [3.63, 3.8) is 0 Å². The summed E-state index contributed by atoms with van der Waals surface area (Å²) in [7, 11) is -5.76. The number of fused-ring (bicyclic) bond motifs is 2. The maximum atomic E-state index is 13.8. The number of ether oxygens (including phenoxy) is 6. The molecule has 19 heteroatoms. The van der Waals surface area contributed by atoms with Crippen molar-refractivity contribution in [1.29, 1.82) is 0 Å². The molecule has 72 heavy (non-hydrogen) atoms. The molecule has 6 rings (SSSR count). The van der Waals surface area contributed by atoms with E-state index < -0.39 is 47.1 Å². The minimum absolute atomic E-state index is 0. The number of phenolic OH excluding ortho intramolecular Hbond substituents is 1. The van der Waals surface area contributed by atoms with Crippen molar-refractivity contribution in [2.24, 2.45) is 0 Å². The first-order valence-corrected chi connectivity index (χ1v) is 30.6. The number of esters is 3. The third-order valence-corrected chi connectivity index (χ3v) is 16.9. The van der Waals surface area contributed by atoms with Gasteiger partial charge in [0.15, 0.2) is 0 Å².